The molecule has 1 amide bonds. The van der Waals surface area contributed by atoms with Gasteiger partial charge in [-0.3, -0.25) is 4.79 Å². The molecule has 17 heavy (non-hydrogen) atoms. The Morgan fingerprint density at radius 2 is 2.12 bits per heavy atom. The van der Waals surface area contributed by atoms with E-state index in [9.17, 15) is 4.79 Å². The van der Waals surface area contributed by atoms with E-state index in [0.717, 1.165) is 4.47 Å². The second kappa shape index (κ2) is 5.51. The van der Waals surface area contributed by atoms with E-state index >= 15 is 0 Å². The van der Waals surface area contributed by atoms with Gasteiger partial charge < -0.3 is 16.2 Å². The predicted octanol–water partition coefficient (Wildman–Crippen LogP) is 1.92. The average molecular weight is 301 g/mol. The van der Waals surface area contributed by atoms with Crippen LogP contribution in [0.5, 0.6) is 0 Å². The molecule has 5 heteroatoms. The first kappa shape index (κ1) is 14.0. The fraction of sp³-hybridized carbons (Fsp3) is 0.417. The van der Waals surface area contributed by atoms with Crippen molar-refractivity contribution in [2.24, 2.45) is 0 Å². The molecule has 0 bridgehead atoms. The van der Waals surface area contributed by atoms with Crippen molar-refractivity contribution in [3.63, 3.8) is 0 Å². The summed E-state index contributed by atoms with van der Waals surface area (Å²) in [6.45, 7) is 3.76. The number of carbonyl (C=O) groups excluding carboxylic acids is 1. The Kier molecular flexibility index (Phi) is 4.54. The Bertz CT molecular complexity index is 399. The highest BCUT2D eigenvalue weighted by atomic mass is 79.9. The van der Waals surface area contributed by atoms with Crippen LogP contribution in [0.25, 0.3) is 0 Å². The normalized spacial score (nSPS) is 11.3. The highest BCUT2D eigenvalue weighted by molar-refractivity contribution is 9.10. The molecule has 0 saturated carbocycles. The molecule has 0 aliphatic heterocycles. The van der Waals surface area contributed by atoms with Crippen molar-refractivity contribution >= 4 is 27.5 Å². The van der Waals surface area contributed by atoms with Gasteiger partial charge in [-0.25, -0.2) is 0 Å². The van der Waals surface area contributed by atoms with Crippen molar-refractivity contribution in [1.29, 1.82) is 0 Å². The molecule has 0 aliphatic carbocycles. The largest absolute Gasteiger partial charge is 0.399 e. The minimum absolute atomic E-state index is 0.0356. The van der Waals surface area contributed by atoms with Crippen LogP contribution < -0.4 is 11.1 Å². The maximum absolute atomic E-state index is 12.0. The highest BCUT2D eigenvalue weighted by Crippen LogP contribution is 2.18. The Morgan fingerprint density at radius 1 is 1.47 bits per heavy atom. The lowest BCUT2D eigenvalue weighted by atomic mass is 10.0. The summed E-state index contributed by atoms with van der Waals surface area (Å²) >= 11 is 3.29. The van der Waals surface area contributed by atoms with Gasteiger partial charge in [0, 0.05) is 27.9 Å². The third-order valence-electron chi connectivity index (χ3n) is 2.37. The van der Waals surface area contributed by atoms with Gasteiger partial charge in [-0.2, -0.15) is 0 Å². The summed E-state index contributed by atoms with van der Waals surface area (Å²) in [6.07, 6.45) is 0.502. The second-order valence-electron chi connectivity index (χ2n) is 4.58. The van der Waals surface area contributed by atoms with Gasteiger partial charge in [-0.1, -0.05) is 15.9 Å². The highest BCUT2D eigenvalue weighted by Gasteiger charge is 2.20. The lowest BCUT2D eigenvalue weighted by Crippen LogP contribution is -2.44. The van der Waals surface area contributed by atoms with Gasteiger partial charge in [0.25, 0.3) is 5.91 Å². The number of benzene rings is 1. The van der Waals surface area contributed by atoms with Gasteiger partial charge in [0.15, 0.2) is 0 Å². The molecule has 1 rings (SSSR count). The molecule has 0 heterocycles. The van der Waals surface area contributed by atoms with Crippen LogP contribution >= 0.6 is 15.9 Å². The molecule has 0 atom stereocenters. The molecule has 4 N–H and O–H groups in total. The quantitative estimate of drug-likeness (QED) is 0.744. The van der Waals surface area contributed by atoms with Gasteiger partial charge in [-0.05, 0) is 38.5 Å². The SMILES string of the molecule is CC(C)(CCO)NC(=O)c1cc(N)cc(Br)c1. The Hall–Kier alpha value is -1.07. The standard InChI is InChI=1S/C12H17BrN2O2/c1-12(2,3-4-16)15-11(17)8-5-9(13)7-10(14)6-8/h5-7,16H,3-4,14H2,1-2H3,(H,15,17). The molecular formula is C12H17BrN2O2. The summed E-state index contributed by atoms with van der Waals surface area (Å²) in [7, 11) is 0. The number of carbonyl (C=O) groups is 1. The van der Waals surface area contributed by atoms with Crippen LogP contribution in [0.1, 0.15) is 30.6 Å². The summed E-state index contributed by atoms with van der Waals surface area (Å²) in [5.41, 5.74) is 6.26. The molecule has 94 valence electrons. The Labute approximate surface area is 109 Å². The van der Waals surface area contributed by atoms with E-state index in [1.807, 2.05) is 13.8 Å². The van der Waals surface area contributed by atoms with Crippen LogP contribution in [-0.2, 0) is 0 Å². The second-order valence-corrected chi connectivity index (χ2v) is 5.50. The van der Waals surface area contributed by atoms with Crippen LogP contribution in [0, 0.1) is 0 Å². The number of halogens is 1. The first-order valence-corrected chi connectivity index (χ1v) is 6.13. The molecule has 0 spiro atoms. The molecule has 0 unspecified atom stereocenters. The molecule has 1 aromatic rings. The number of hydrogen-bond donors (Lipinski definition) is 3. The zero-order valence-corrected chi connectivity index (χ0v) is 11.5. The topological polar surface area (TPSA) is 75.3 Å². The number of aliphatic hydroxyl groups is 1. The van der Waals surface area contributed by atoms with Crippen LogP contribution in [0.15, 0.2) is 22.7 Å². The van der Waals surface area contributed by atoms with Gasteiger partial charge in [0.05, 0.1) is 0 Å². The van der Waals surface area contributed by atoms with Gasteiger partial charge >= 0.3 is 0 Å². The summed E-state index contributed by atoms with van der Waals surface area (Å²) < 4.78 is 0.766. The van der Waals surface area contributed by atoms with Crippen LogP contribution in [-0.4, -0.2) is 23.2 Å². The maximum atomic E-state index is 12.0. The molecule has 0 saturated heterocycles. The van der Waals surface area contributed by atoms with E-state index in [2.05, 4.69) is 21.2 Å². The van der Waals surface area contributed by atoms with Crippen LogP contribution in [0.2, 0.25) is 0 Å². The first-order chi connectivity index (χ1) is 7.84. The number of hydrogen-bond acceptors (Lipinski definition) is 3. The summed E-state index contributed by atoms with van der Waals surface area (Å²) in [5, 5.41) is 11.7. The number of anilines is 1. The third-order valence-corrected chi connectivity index (χ3v) is 2.83. The van der Waals surface area contributed by atoms with E-state index in [1.165, 1.54) is 0 Å². The van der Waals surface area contributed by atoms with E-state index in [4.69, 9.17) is 10.8 Å². The Balaban J connectivity index is 2.83. The zero-order valence-electron chi connectivity index (χ0n) is 9.96. The van der Waals surface area contributed by atoms with Crippen molar-refractivity contribution in [1.82, 2.24) is 5.32 Å². The van der Waals surface area contributed by atoms with Crippen molar-refractivity contribution in [2.45, 2.75) is 25.8 Å². The predicted molar refractivity (Wildman–Crippen MR) is 71.8 cm³/mol. The molecule has 0 fully saturated rings. The van der Waals surface area contributed by atoms with Gasteiger partial charge in [0.1, 0.15) is 0 Å². The van der Waals surface area contributed by atoms with Crippen molar-refractivity contribution < 1.29 is 9.90 Å². The third kappa shape index (κ3) is 4.36. The zero-order chi connectivity index (χ0) is 13.1. The molecule has 0 aromatic heterocycles. The van der Waals surface area contributed by atoms with Crippen molar-refractivity contribution in [2.75, 3.05) is 12.3 Å². The number of aliphatic hydroxyl groups excluding tert-OH is 1. The van der Waals surface area contributed by atoms with E-state index in [0.29, 0.717) is 17.7 Å². The lowest BCUT2D eigenvalue weighted by Gasteiger charge is -2.25. The first-order valence-electron chi connectivity index (χ1n) is 5.33. The number of nitrogens with two attached hydrogens (primary N) is 1. The molecule has 0 aliphatic rings. The van der Waals surface area contributed by atoms with Crippen molar-refractivity contribution in [3.8, 4) is 0 Å². The van der Waals surface area contributed by atoms with E-state index in [1.54, 1.807) is 18.2 Å². The lowest BCUT2D eigenvalue weighted by molar-refractivity contribution is 0.0899. The maximum Gasteiger partial charge on any atom is 0.251 e. The number of nitrogen functional groups attached to an aromatic ring is 1. The average Bonchev–Trinajstić information content (AvgIpc) is 2.14. The van der Waals surface area contributed by atoms with Crippen LogP contribution in [0.3, 0.4) is 0 Å². The van der Waals surface area contributed by atoms with Crippen molar-refractivity contribution in [3.05, 3.63) is 28.2 Å². The molecule has 1 aromatic carbocycles. The van der Waals surface area contributed by atoms with Gasteiger partial charge in [0.2, 0.25) is 0 Å². The molecule has 4 nitrogen and oxygen atoms in total. The minimum atomic E-state index is -0.442. The smallest absolute Gasteiger partial charge is 0.251 e. The number of nitrogens with one attached hydrogen (secondary N) is 1. The van der Waals surface area contributed by atoms with Gasteiger partial charge in [-0.15, -0.1) is 0 Å². The fourth-order valence-electron chi connectivity index (χ4n) is 1.46. The fourth-order valence-corrected chi connectivity index (χ4v) is 1.98. The molecular weight excluding hydrogens is 284 g/mol. The summed E-state index contributed by atoms with van der Waals surface area (Å²) in [5.74, 6) is -0.198. The minimum Gasteiger partial charge on any atom is -0.399 e. The molecule has 0 radical (unpaired) electrons. The number of amides is 1. The summed E-state index contributed by atoms with van der Waals surface area (Å²) in [6, 6.07) is 5.06. The monoisotopic (exact) mass is 300 g/mol. The van der Waals surface area contributed by atoms with E-state index in [-0.39, 0.29) is 12.5 Å². The van der Waals surface area contributed by atoms with E-state index < -0.39 is 5.54 Å². The summed E-state index contributed by atoms with van der Waals surface area (Å²) in [4.78, 5) is 12.0. The number of rotatable bonds is 4. The Morgan fingerprint density at radius 3 is 2.65 bits per heavy atom. The van der Waals surface area contributed by atoms with Crippen LogP contribution in [0.4, 0.5) is 5.69 Å².